The first-order valence-corrected chi connectivity index (χ1v) is 9.86. The number of nitro groups is 1. The van der Waals surface area contributed by atoms with E-state index in [0.29, 0.717) is 21.5 Å². The molecule has 0 radical (unpaired) electrons. The van der Waals surface area contributed by atoms with E-state index in [0.717, 1.165) is 11.8 Å². The molecule has 0 bridgehead atoms. The number of carbonyl (C=O) groups is 1. The van der Waals surface area contributed by atoms with E-state index < -0.39 is 4.92 Å². The van der Waals surface area contributed by atoms with E-state index in [-0.39, 0.29) is 33.9 Å². The first-order chi connectivity index (χ1) is 13.9. The summed E-state index contributed by atoms with van der Waals surface area (Å²) in [4.78, 5) is 22.8. The second kappa shape index (κ2) is 9.05. The van der Waals surface area contributed by atoms with Gasteiger partial charge in [0.05, 0.1) is 24.9 Å². The van der Waals surface area contributed by atoms with E-state index >= 15 is 0 Å². The molecule has 0 aliphatic carbocycles. The number of ketones is 1. The van der Waals surface area contributed by atoms with Gasteiger partial charge in [0.15, 0.2) is 5.78 Å². The highest BCUT2D eigenvalue weighted by atomic mass is 79.9. The van der Waals surface area contributed by atoms with Crippen LogP contribution in [0, 0.1) is 10.1 Å². The summed E-state index contributed by atoms with van der Waals surface area (Å²) in [5.74, 6) is 1.04. The van der Waals surface area contributed by atoms with Crippen LogP contribution in [0.4, 0.5) is 5.69 Å². The standard InChI is InChI=1S/C18H14BrN3O6S/c1-26-12-5-10(6-13(8-12)27-2)17-20-21-18(28-17)29-9-16(23)14-7-11(22(24)25)3-4-15(14)19/h3-8H,9H2,1-2H3. The normalized spacial score (nSPS) is 10.6. The number of rotatable bonds is 8. The van der Waals surface area contributed by atoms with Crippen LogP contribution in [0.3, 0.4) is 0 Å². The number of carbonyl (C=O) groups excluding carboxylic acids is 1. The number of aromatic nitrogens is 2. The topological polar surface area (TPSA) is 118 Å². The number of nitrogens with zero attached hydrogens (tertiary/aromatic N) is 3. The number of benzene rings is 2. The van der Waals surface area contributed by atoms with Crippen LogP contribution < -0.4 is 9.47 Å². The van der Waals surface area contributed by atoms with Gasteiger partial charge in [0.2, 0.25) is 5.89 Å². The molecular weight excluding hydrogens is 466 g/mol. The zero-order valence-corrected chi connectivity index (χ0v) is 17.7. The van der Waals surface area contributed by atoms with E-state index in [9.17, 15) is 14.9 Å². The molecule has 9 nitrogen and oxygen atoms in total. The Balaban J connectivity index is 1.74. The fraction of sp³-hybridized carbons (Fsp3) is 0.167. The van der Waals surface area contributed by atoms with Crippen molar-refractivity contribution in [1.29, 1.82) is 0 Å². The van der Waals surface area contributed by atoms with Crippen molar-refractivity contribution in [2.45, 2.75) is 5.22 Å². The lowest BCUT2D eigenvalue weighted by molar-refractivity contribution is -0.384. The summed E-state index contributed by atoms with van der Waals surface area (Å²) in [6.07, 6.45) is 0. The maximum Gasteiger partial charge on any atom is 0.277 e. The number of ether oxygens (including phenoxy) is 2. The minimum absolute atomic E-state index is 0.0250. The summed E-state index contributed by atoms with van der Waals surface area (Å²) in [5.41, 5.74) is 0.658. The smallest absolute Gasteiger partial charge is 0.277 e. The molecule has 0 N–H and O–H groups in total. The molecule has 0 fully saturated rings. The van der Waals surface area contributed by atoms with Crippen LogP contribution in [0.25, 0.3) is 11.5 Å². The quantitative estimate of drug-likeness (QED) is 0.200. The minimum Gasteiger partial charge on any atom is -0.497 e. The molecular formula is C18H14BrN3O6S. The van der Waals surface area contributed by atoms with E-state index in [1.54, 1.807) is 18.2 Å². The van der Waals surface area contributed by atoms with Crippen molar-refractivity contribution < 1.29 is 23.6 Å². The van der Waals surface area contributed by atoms with Crippen molar-refractivity contribution in [3.05, 3.63) is 56.5 Å². The highest BCUT2D eigenvalue weighted by molar-refractivity contribution is 9.10. The predicted octanol–water partition coefficient (Wildman–Crippen LogP) is 4.40. The average Bonchev–Trinajstić information content (AvgIpc) is 3.20. The summed E-state index contributed by atoms with van der Waals surface area (Å²) >= 11 is 4.28. The second-order valence-corrected chi connectivity index (χ2v) is 7.39. The van der Waals surface area contributed by atoms with Gasteiger partial charge in [0, 0.05) is 33.8 Å². The highest BCUT2D eigenvalue weighted by Crippen LogP contribution is 2.31. The Morgan fingerprint density at radius 2 is 1.86 bits per heavy atom. The Morgan fingerprint density at radius 1 is 1.17 bits per heavy atom. The Kier molecular flexibility index (Phi) is 6.49. The largest absolute Gasteiger partial charge is 0.497 e. The predicted molar refractivity (Wildman–Crippen MR) is 109 cm³/mol. The van der Waals surface area contributed by atoms with E-state index in [2.05, 4.69) is 26.1 Å². The maximum absolute atomic E-state index is 12.5. The van der Waals surface area contributed by atoms with Crippen LogP contribution in [0.15, 0.2) is 50.5 Å². The van der Waals surface area contributed by atoms with Crippen LogP contribution >= 0.6 is 27.7 Å². The van der Waals surface area contributed by atoms with Gasteiger partial charge in [-0.25, -0.2) is 0 Å². The van der Waals surface area contributed by atoms with Crippen molar-refractivity contribution in [3.63, 3.8) is 0 Å². The molecule has 0 amide bonds. The van der Waals surface area contributed by atoms with E-state index in [4.69, 9.17) is 13.9 Å². The number of Topliss-reactive ketones (excluding diaryl/α,β-unsaturated/α-hetero) is 1. The molecule has 0 aliphatic rings. The van der Waals surface area contributed by atoms with Crippen molar-refractivity contribution in [2.24, 2.45) is 0 Å². The number of halogens is 1. The third kappa shape index (κ3) is 4.93. The summed E-state index contributed by atoms with van der Waals surface area (Å²) in [6, 6.07) is 9.17. The Bertz CT molecular complexity index is 1050. The summed E-state index contributed by atoms with van der Waals surface area (Å²) < 4.78 is 16.5. The van der Waals surface area contributed by atoms with Crippen LogP contribution in [0.1, 0.15) is 10.4 Å². The number of non-ortho nitro benzene ring substituents is 1. The number of hydrogen-bond acceptors (Lipinski definition) is 9. The molecule has 0 unspecified atom stereocenters. The van der Waals surface area contributed by atoms with Crippen LogP contribution in [-0.4, -0.2) is 40.9 Å². The van der Waals surface area contributed by atoms with Gasteiger partial charge in [-0.1, -0.05) is 27.7 Å². The van der Waals surface area contributed by atoms with Gasteiger partial charge < -0.3 is 13.9 Å². The molecule has 1 heterocycles. The molecule has 29 heavy (non-hydrogen) atoms. The molecule has 0 saturated carbocycles. The van der Waals surface area contributed by atoms with Gasteiger partial charge in [-0.2, -0.15) is 0 Å². The monoisotopic (exact) mass is 479 g/mol. The molecule has 0 atom stereocenters. The second-order valence-electron chi connectivity index (χ2n) is 5.61. The van der Waals surface area contributed by atoms with Gasteiger partial charge >= 0.3 is 0 Å². The van der Waals surface area contributed by atoms with Crippen molar-refractivity contribution in [3.8, 4) is 23.0 Å². The molecule has 11 heteroatoms. The lowest BCUT2D eigenvalue weighted by Gasteiger charge is -2.05. The molecule has 1 aromatic heterocycles. The van der Waals surface area contributed by atoms with Crippen molar-refractivity contribution in [2.75, 3.05) is 20.0 Å². The Hall–Kier alpha value is -2.92. The van der Waals surface area contributed by atoms with Crippen LogP contribution in [0.2, 0.25) is 0 Å². The third-order valence-electron chi connectivity index (χ3n) is 3.79. The van der Waals surface area contributed by atoms with Crippen LogP contribution in [-0.2, 0) is 0 Å². The van der Waals surface area contributed by atoms with Gasteiger partial charge in [-0.15, -0.1) is 10.2 Å². The summed E-state index contributed by atoms with van der Waals surface area (Å²) in [6.45, 7) is 0. The van der Waals surface area contributed by atoms with Crippen molar-refractivity contribution in [1.82, 2.24) is 10.2 Å². The molecule has 3 rings (SSSR count). The minimum atomic E-state index is -0.553. The number of methoxy groups -OCH3 is 2. The first-order valence-electron chi connectivity index (χ1n) is 8.08. The van der Waals surface area contributed by atoms with Gasteiger partial charge in [-0.3, -0.25) is 14.9 Å². The molecule has 0 aliphatic heterocycles. The SMILES string of the molecule is COc1cc(OC)cc(-c2nnc(SCC(=O)c3cc([N+](=O)[O-])ccc3Br)o2)c1. The summed E-state index contributed by atoms with van der Waals surface area (Å²) in [5, 5.41) is 19.0. The van der Waals surface area contributed by atoms with Crippen molar-refractivity contribution >= 4 is 39.2 Å². The number of thioether (sulfide) groups is 1. The Morgan fingerprint density at radius 3 is 2.48 bits per heavy atom. The molecule has 0 saturated heterocycles. The molecule has 0 spiro atoms. The molecule has 3 aromatic rings. The number of hydrogen-bond donors (Lipinski definition) is 0. The first kappa shape index (κ1) is 20.8. The lowest BCUT2D eigenvalue weighted by atomic mass is 10.1. The lowest BCUT2D eigenvalue weighted by Crippen LogP contribution is -2.04. The fourth-order valence-electron chi connectivity index (χ4n) is 2.36. The highest BCUT2D eigenvalue weighted by Gasteiger charge is 2.18. The average molecular weight is 480 g/mol. The summed E-state index contributed by atoms with van der Waals surface area (Å²) in [7, 11) is 3.07. The van der Waals surface area contributed by atoms with Crippen LogP contribution in [0.5, 0.6) is 11.5 Å². The number of nitro benzene ring substituents is 1. The molecule has 150 valence electrons. The molecule has 2 aromatic carbocycles. The Labute approximate surface area is 177 Å². The van der Waals surface area contributed by atoms with Gasteiger partial charge in [-0.05, 0) is 18.2 Å². The van der Waals surface area contributed by atoms with Gasteiger partial charge in [0.1, 0.15) is 11.5 Å². The van der Waals surface area contributed by atoms with E-state index in [1.807, 2.05) is 0 Å². The zero-order chi connectivity index (χ0) is 21.0. The fourth-order valence-corrected chi connectivity index (χ4v) is 3.48. The van der Waals surface area contributed by atoms with E-state index in [1.165, 1.54) is 32.4 Å². The van der Waals surface area contributed by atoms with Gasteiger partial charge in [0.25, 0.3) is 10.9 Å². The maximum atomic E-state index is 12.5. The zero-order valence-electron chi connectivity index (χ0n) is 15.2. The third-order valence-corrected chi connectivity index (χ3v) is 5.30.